The fourth-order valence-corrected chi connectivity index (χ4v) is 2.23. The number of methoxy groups -OCH3 is 2. The summed E-state index contributed by atoms with van der Waals surface area (Å²) >= 11 is 6.12. The van der Waals surface area contributed by atoms with Gasteiger partial charge in [-0.25, -0.2) is 4.79 Å². The van der Waals surface area contributed by atoms with Gasteiger partial charge in [-0.15, -0.1) is 0 Å². The number of benzene rings is 1. The van der Waals surface area contributed by atoms with Crippen LogP contribution < -0.4 is 10.1 Å². The molecule has 1 amide bonds. The summed E-state index contributed by atoms with van der Waals surface area (Å²) in [5.41, 5.74) is 0.674. The maximum Gasteiger partial charge on any atom is 0.328 e. The number of halogens is 1. The van der Waals surface area contributed by atoms with E-state index in [0.29, 0.717) is 16.3 Å². The maximum absolute atomic E-state index is 12.2. The van der Waals surface area contributed by atoms with E-state index >= 15 is 0 Å². The van der Waals surface area contributed by atoms with Gasteiger partial charge in [-0.05, 0) is 23.6 Å². The number of nitrogens with one attached hydrogen (secondary N) is 1. The van der Waals surface area contributed by atoms with Crippen LogP contribution in [0.5, 0.6) is 5.75 Å². The average Bonchev–Trinajstić information content (AvgIpc) is 2.52. The normalized spacial score (nSPS) is 13.1. The average molecular weight is 328 g/mol. The molecule has 2 atom stereocenters. The summed E-state index contributed by atoms with van der Waals surface area (Å²) in [6.07, 6.45) is 0.843. The van der Waals surface area contributed by atoms with Crippen molar-refractivity contribution in [3.05, 3.63) is 28.8 Å². The van der Waals surface area contributed by atoms with Gasteiger partial charge in [0, 0.05) is 5.02 Å². The highest BCUT2D eigenvalue weighted by molar-refractivity contribution is 6.31. The van der Waals surface area contributed by atoms with Crippen LogP contribution in [0.3, 0.4) is 0 Å². The molecule has 0 saturated carbocycles. The van der Waals surface area contributed by atoms with E-state index in [4.69, 9.17) is 21.1 Å². The third-order valence-electron chi connectivity index (χ3n) is 3.60. The molecule has 0 fully saturated rings. The highest BCUT2D eigenvalue weighted by Crippen LogP contribution is 2.22. The van der Waals surface area contributed by atoms with E-state index in [2.05, 4.69) is 5.32 Å². The molecule has 0 aliphatic rings. The van der Waals surface area contributed by atoms with Crippen LogP contribution in [0.15, 0.2) is 18.2 Å². The Labute approximate surface area is 135 Å². The van der Waals surface area contributed by atoms with Crippen molar-refractivity contribution in [1.29, 1.82) is 0 Å². The Balaban J connectivity index is 2.77. The Morgan fingerprint density at radius 2 is 2.00 bits per heavy atom. The minimum absolute atomic E-state index is 0.0114. The molecule has 0 aliphatic carbocycles. The molecule has 1 N–H and O–H groups in total. The van der Waals surface area contributed by atoms with Gasteiger partial charge in [0.1, 0.15) is 11.8 Å². The first-order chi connectivity index (χ1) is 10.4. The van der Waals surface area contributed by atoms with Crippen molar-refractivity contribution in [3.8, 4) is 5.75 Å². The van der Waals surface area contributed by atoms with Crippen molar-refractivity contribution in [2.45, 2.75) is 32.7 Å². The maximum atomic E-state index is 12.2. The van der Waals surface area contributed by atoms with Gasteiger partial charge in [0.15, 0.2) is 0 Å². The smallest absolute Gasteiger partial charge is 0.328 e. The minimum atomic E-state index is -0.653. The van der Waals surface area contributed by atoms with E-state index < -0.39 is 12.0 Å². The molecule has 0 bridgehead atoms. The molecule has 0 aromatic heterocycles. The van der Waals surface area contributed by atoms with E-state index in [1.54, 1.807) is 25.3 Å². The molecule has 1 aromatic rings. The summed E-state index contributed by atoms with van der Waals surface area (Å²) in [5, 5.41) is 3.17. The van der Waals surface area contributed by atoms with E-state index in [9.17, 15) is 9.59 Å². The molecule has 0 aliphatic heterocycles. The predicted octanol–water partition coefficient (Wildman–Crippen LogP) is 2.60. The van der Waals surface area contributed by atoms with Crippen LogP contribution in [0, 0.1) is 5.92 Å². The highest BCUT2D eigenvalue weighted by Gasteiger charge is 2.26. The molecule has 0 saturated heterocycles. The molecule has 1 rings (SSSR count). The van der Waals surface area contributed by atoms with Gasteiger partial charge >= 0.3 is 5.97 Å². The van der Waals surface area contributed by atoms with Crippen LogP contribution in [0.2, 0.25) is 5.02 Å². The standard InChI is InChI=1S/C16H22ClNO4/c1-5-10(2)15(16(20)22-4)18-14(19)8-11-6-7-12(21-3)9-13(11)17/h6-7,9-10,15H,5,8H2,1-4H3,(H,18,19)/t10-,15-/m0/s1. The Bertz CT molecular complexity index is 533. The second-order valence-electron chi connectivity index (χ2n) is 5.09. The molecule has 122 valence electrons. The fraction of sp³-hybridized carbons (Fsp3) is 0.500. The topological polar surface area (TPSA) is 64.6 Å². The number of hydrogen-bond acceptors (Lipinski definition) is 4. The van der Waals surface area contributed by atoms with Gasteiger partial charge in [0.25, 0.3) is 0 Å². The number of carbonyl (C=O) groups is 2. The lowest BCUT2D eigenvalue weighted by Gasteiger charge is -2.22. The zero-order valence-corrected chi connectivity index (χ0v) is 14.1. The molecular formula is C16H22ClNO4. The first-order valence-electron chi connectivity index (χ1n) is 7.12. The van der Waals surface area contributed by atoms with Crippen LogP contribution in [0.4, 0.5) is 0 Å². The molecule has 0 heterocycles. The first kappa shape index (κ1) is 18.3. The van der Waals surface area contributed by atoms with Crippen LogP contribution >= 0.6 is 11.6 Å². The summed E-state index contributed by atoms with van der Waals surface area (Å²) in [4.78, 5) is 23.9. The quantitative estimate of drug-likeness (QED) is 0.782. The highest BCUT2D eigenvalue weighted by atomic mass is 35.5. The number of hydrogen-bond donors (Lipinski definition) is 1. The molecule has 0 spiro atoms. The van der Waals surface area contributed by atoms with E-state index in [1.807, 2.05) is 13.8 Å². The minimum Gasteiger partial charge on any atom is -0.497 e. The van der Waals surface area contributed by atoms with Gasteiger partial charge in [-0.3, -0.25) is 4.79 Å². The Morgan fingerprint density at radius 1 is 1.32 bits per heavy atom. The van der Waals surface area contributed by atoms with Crippen molar-refractivity contribution < 1.29 is 19.1 Å². The van der Waals surface area contributed by atoms with Crippen LogP contribution in [-0.2, 0) is 20.7 Å². The van der Waals surface area contributed by atoms with Crippen molar-refractivity contribution in [2.24, 2.45) is 5.92 Å². The van der Waals surface area contributed by atoms with Crippen LogP contribution in [0.1, 0.15) is 25.8 Å². The Kier molecular flexibility index (Phi) is 7.18. The monoisotopic (exact) mass is 327 g/mol. The van der Waals surface area contributed by atoms with Gasteiger partial charge in [-0.2, -0.15) is 0 Å². The molecule has 5 nitrogen and oxygen atoms in total. The third-order valence-corrected chi connectivity index (χ3v) is 3.95. The first-order valence-corrected chi connectivity index (χ1v) is 7.50. The third kappa shape index (κ3) is 4.91. The number of esters is 1. The van der Waals surface area contributed by atoms with Crippen LogP contribution in [0.25, 0.3) is 0 Å². The molecule has 22 heavy (non-hydrogen) atoms. The number of amides is 1. The summed E-state index contributed by atoms with van der Waals surface area (Å²) in [6.45, 7) is 3.84. The van der Waals surface area contributed by atoms with Crippen molar-refractivity contribution >= 4 is 23.5 Å². The Hall–Kier alpha value is -1.75. The Morgan fingerprint density at radius 3 is 2.50 bits per heavy atom. The number of carbonyl (C=O) groups excluding carboxylic acids is 2. The molecule has 1 aromatic carbocycles. The predicted molar refractivity (Wildman–Crippen MR) is 85.1 cm³/mol. The number of ether oxygens (including phenoxy) is 2. The lowest BCUT2D eigenvalue weighted by molar-refractivity contribution is -0.146. The fourth-order valence-electron chi connectivity index (χ4n) is 1.99. The summed E-state index contributed by atoms with van der Waals surface area (Å²) in [5.74, 6) is -0.102. The van der Waals surface area contributed by atoms with Gasteiger partial charge < -0.3 is 14.8 Å². The number of rotatable bonds is 7. The molecule has 0 unspecified atom stereocenters. The summed E-state index contributed by atoms with van der Waals surface area (Å²) in [6, 6.07) is 4.47. The zero-order chi connectivity index (χ0) is 16.7. The second-order valence-corrected chi connectivity index (χ2v) is 5.50. The molecular weight excluding hydrogens is 306 g/mol. The SMILES string of the molecule is CC[C@H](C)[C@H](NC(=O)Cc1ccc(OC)cc1Cl)C(=O)OC. The van der Waals surface area contributed by atoms with Crippen molar-refractivity contribution in [3.63, 3.8) is 0 Å². The van der Waals surface area contributed by atoms with E-state index in [-0.39, 0.29) is 18.2 Å². The van der Waals surface area contributed by atoms with E-state index in [0.717, 1.165) is 6.42 Å². The second kappa shape index (κ2) is 8.63. The molecule has 6 heteroatoms. The zero-order valence-electron chi connectivity index (χ0n) is 13.3. The molecule has 0 radical (unpaired) electrons. The summed E-state index contributed by atoms with van der Waals surface area (Å²) in [7, 11) is 2.86. The van der Waals surface area contributed by atoms with Gasteiger partial charge in [0.05, 0.1) is 20.6 Å². The van der Waals surface area contributed by atoms with Gasteiger partial charge in [-0.1, -0.05) is 37.9 Å². The van der Waals surface area contributed by atoms with Gasteiger partial charge in [0.2, 0.25) is 5.91 Å². The largest absolute Gasteiger partial charge is 0.497 e. The van der Waals surface area contributed by atoms with Crippen molar-refractivity contribution in [2.75, 3.05) is 14.2 Å². The van der Waals surface area contributed by atoms with Crippen molar-refractivity contribution in [1.82, 2.24) is 5.32 Å². The lowest BCUT2D eigenvalue weighted by Crippen LogP contribution is -2.46. The van der Waals surface area contributed by atoms with Crippen LogP contribution in [-0.4, -0.2) is 32.1 Å². The lowest BCUT2D eigenvalue weighted by atomic mass is 9.99. The van der Waals surface area contributed by atoms with E-state index in [1.165, 1.54) is 7.11 Å². The summed E-state index contributed by atoms with van der Waals surface area (Å²) < 4.78 is 9.81.